The van der Waals surface area contributed by atoms with E-state index in [1.54, 1.807) is 43.1 Å². The number of carboxylic acids is 1. The van der Waals surface area contributed by atoms with Crippen molar-refractivity contribution in [1.82, 2.24) is 19.6 Å². The third kappa shape index (κ3) is 5.87. The summed E-state index contributed by atoms with van der Waals surface area (Å²) in [6.07, 6.45) is 3.50. The summed E-state index contributed by atoms with van der Waals surface area (Å²) in [6, 6.07) is 2.52. The first-order valence-electron chi connectivity index (χ1n) is 11.4. The van der Waals surface area contributed by atoms with Gasteiger partial charge in [0.1, 0.15) is 30.4 Å². The number of hydrogen-bond acceptors (Lipinski definition) is 13. The average molecular weight is 564 g/mol. The highest BCUT2D eigenvalue weighted by Gasteiger charge is 2.53. The van der Waals surface area contributed by atoms with Gasteiger partial charge < -0.3 is 35.3 Å². The Hall–Kier alpha value is -3.76. The normalized spacial score (nSPS) is 19.1. The minimum absolute atomic E-state index is 0.0388. The molecule has 0 bridgehead atoms. The fourth-order valence-electron chi connectivity index (χ4n) is 3.76. The molecule has 0 aliphatic carbocycles. The Kier molecular flexibility index (Phi) is 8.75. The van der Waals surface area contributed by atoms with Crippen molar-refractivity contribution in [1.29, 1.82) is 0 Å². The Bertz CT molecular complexity index is 1260. The number of fused-ring (bicyclic) bond motifs is 1. The average Bonchev–Trinajstić information content (AvgIpc) is 3.33. The van der Waals surface area contributed by atoms with Crippen LogP contribution in [0.2, 0.25) is 0 Å². The lowest BCUT2D eigenvalue weighted by Crippen LogP contribution is -2.71. The number of aromatic nitrogens is 3. The second kappa shape index (κ2) is 12.2. The number of carboxylic acid groups (broad SMARTS) is 1. The number of nitrogen functional groups attached to an aromatic ring is 1. The molecule has 14 nitrogen and oxygen atoms in total. The highest BCUT2D eigenvalue weighted by atomic mass is 32.2. The van der Waals surface area contributed by atoms with Crippen LogP contribution in [-0.2, 0) is 30.5 Å². The molecule has 16 heteroatoms. The van der Waals surface area contributed by atoms with Crippen molar-refractivity contribution in [2.24, 2.45) is 5.16 Å². The molecule has 202 valence electrons. The molecule has 2 aromatic heterocycles. The van der Waals surface area contributed by atoms with Gasteiger partial charge in [0.25, 0.3) is 11.8 Å². The van der Waals surface area contributed by atoms with E-state index in [2.05, 4.69) is 19.8 Å². The minimum Gasteiger partial charge on any atom is -0.543 e. The number of nitrogens with two attached hydrogens (primary N) is 1. The van der Waals surface area contributed by atoms with Crippen molar-refractivity contribution >= 4 is 51.9 Å². The van der Waals surface area contributed by atoms with Crippen molar-refractivity contribution in [3.05, 3.63) is 41.6 Å². The summed E-state index contributed by atoms with van der Waals surface area (Å²) in [5.74, 6) is -1.88. The minimum atomic E-state index is -1.47. The van der Waals surface area contributed by atoms with Gasteiger partial charge in [-0.15, -0.1) is 11.8 Å². The van der Waals surface area contributed by atoms with Crippen LogP contribution in [-0.4, -0.2) is 81.9 Å². The number of rotatable bonds is 12. The lowest BCUT2D eigenvalue weighted by Gasteiger charge is -2.50. The van der Waals surface area contributed by atoms with Gasteiger partial charge in [0.05, 0.1) is 18.3 Å². The molecule has 3 N–H and O–H groups in total. The van der Waals surface area contributed by atoms with Gasteiger partial charge in [-0.05, 0) is 6.92 Å². The standard InChI is InChI=1S/C22H25N7O7S2/c1-3-36-26-14(17-25-22(23)38-27-17)18(30)24-15-19(31)29-16(21(32)33)12(11-37-20(15)29)10-28-6-4-13(5-7-28)35-9-8-34-2/h4-7,15,20H,3,8-11H2,1-2H3,(H3-,23,24,25,27,30,32,33)/t15?,20-/m0/s1. The molecule has 2 aromatic rings. The van der Waals surface area contributed by atoms with Crippen LogP contribution in [0.1, 0.15) is 12.7 Å². The third-order valence-corrected chi connectivity index (χ3v) is 7.35. The molecular formula is C22H25N7O7S2. The van der Waals surface area contributed by atoms with Gasteiger partial charge in [0.15, 0.2) is 24.1 Å². The molecule has 2 amide bonds. The smallest absolute Gasteiger partial charge is 0.278 e. The van der Waals surface area contributed by atoms with E-state index >= 15 is 0 Å². The van der Waals surface area contributed by atoms with E-state index in [1.807, 2.05) is 0 Å². The van der Waals surface area contributed by atoms with Crippen LogP contribution >= 0.6 is 23.3 Å². The molecule has 1 saturated heterocycles. The summed E-state index contributed by atoms with van der Waals surface area (Å²) in [5, 5.41) is 17.9. The van der Waals surface area contributed by atoms with E-state index in [9.17, 15) is 19.5 Å². The van der Waals surface area contributed by atoms with Crippen LogP contribution < -0.4 is 25.5 Å². The molecule has 38 heavy (non-hydrogen) atoms. The van der Waals surface area contributed by atoms with Gasteiger partial charge in [0, 0.05) is 42.1 Å². The monoisotopic (exact) mass is 563 g/mol. The third-order valence-electron chi connectivity index (χ3n) is 5.47. The molecule has 0 spiro atoms. The van der Waals surface area contributed by atoms with Gasteiger partial charge in [-0.3, -0.25) is 14.5 Å². The lowest BCUT2D eigenvalue weighted by molar-refractivity contribution is -0.689. The number of ether oxygens (including phenoxy) is 2. The van der Waals surface area contributed by atoms with Crippen LogP contribution in [0.25, 0.3) is 0 Å². The van der Waals surface area contributed by atoms with Gasteiger partial charge in [-0.1, -0.05) is 5.16 Å². The Morgan fingerprint density at radius 2 is 2.11 bits per heavy atom. The number of methoxy groups -OCH3 is 1. The maximum Gasteiger partial charge on any atom is 0.278 e. The highest BCUT2D eigenvalue weighted by molar-refractivity contribution is 8.00. The largest absolute Gasteiger partial charge is 0.543 e. The zero-order valence-electron chi connectivity index (χ0n) is 20.5. The van der Waals surface area contributed by atoms with Crippen LogP contribution in [0.5, 0.6) is 5.75 Å². The number of amides is 2. The molecule has 2 aliphatic heterocycles. The molecule has 1 unspecified atom stereocenters. The summed E-state index contributed by atoms with van der Waals surface area (Å²) >= 11 is 2.21. The SMILES string of the molecule is CCON=C(C(=O)NC1C(=O)N2C(C(=O)[O-])=C(C[n+]3ccc(OCCOC)cc3)CS[C@@H]12)c1nsc(N)n1. The van der Waals surface area contributed by atoms with Crippen LogP contribution in [0.4, 0.5) is 5.13 Å². The van der Waals surface area contributed by atoms with E-state index in [0.29, 0.717) is 30.3 Å². The Balaban J connectivity index is 1.47. The first-order valence-corrected chi connectivity index (χ1v) is 13.3. The van der Waals surface area contributed by atoms with E-state index in [0.717, 1.165) is 16.4 Å². The predicted molar refractivity (Wildman–Crippen MR) is 134 cm³/mol. The summed E-state index contributed by atoms with van der Waals surface area (Å²) in [4.78, 5) is 48.1. The molecular weight excluding hydrogens is 538 g/mol. The number of aliphatic carboxylic acids is 1. The molecule has 1 fully saturated rings. The van der Waals surface area contributed by atoms with E-state index in [1.165, 1.54) is 11.8 Å². The quantitative estimate of drug-likeness (QED) is 0.0984. The number of thioether (sulfide) groups is 1. The van der Waals surface area contributed by atoms with Gasteiger partial charge in [0.2, 0.25) is 11.5 Å². The number of nitrogens with one attached hydrogen (secondary N) is 1. The molecule has 2 atom stereocenters. The molecule has 4 rings (SSSR count). The zero-order valence-corrected chi connectivity index (χ0v) is 22.1. The fourth-order valence-corrected chi connectivity index (χ4v) is 5.53. The number of carbonyl (C=O) groups is 3. The number of β-lactam (4-membered cyclic amide) rings is 1. The van der Waals surface area contributed by atoms with Crippen LogP contribution in [0.3, 0.4) is 0 Å². The molecule has 0 radical (unpaired) electrons. The van der Waals surface area contributed by atoms with E-state index in [4.69, 9.17) is 20.0 Å². The maximum atomic E-state index is 13.0. The summed E-state index contributed by atoms with van der Waals surface area (Å²) in [6.45, 7) is 2.96. The Labute approximate surface area is 225 Å². The van der Waals surface area contributed by atoms with Crippen LogP contribution in [0, 0.1) is 0 Å². The number of nitrogens with zero attached hydrogens (tertiary/aromatic N) is 5. The van der Waals surface area contributed by atoms with Crippen molar-refractivity contribution < 1.29 is 38.4 Å². The van der Waals surface area contributed by atoms with Crippen molar-refractivity contribution in [2.75, 3.05) is 38.4 Å². The second-order valence-corrected chi connectivity index (χ2v) is 9.85. The Morgan fingerprint density at radius 3 is 2.74 bits per heavy atom. The predicted octanol–water partition coefficient (Wildman–Crippen LogP) is -1.72. The number of oxime groups is 1. The molecule has 0 aromatic carbocycles. The van der Waals surface area contributed by atoms with E-state index in [-0.39, 0.29) is 35.5 Å². The lowest BCUT2D eigenvalue weighted by atomic mass is 10.0. The van der Waals surface area contributed by atoms with Gasteiger partial charge in [-0.25, -0.2) is 4.57 Å². The number of carbonyl (C=O) groups excluding carboxylic acids is 3. The van der Waals surface area contributed by atoms with Gasteiger partial charge in [-0.2, -0.15) is 9.36 Å². The van der Waals surface area contributed by atoms with Crippen molar-refractivity contribution in [3.63, 3.8) is 0 Å². The van der Waals surface area contributed by atoms with E-state index < -0.39 is 29.2 Å². The first-order chi connectivity index (χ1) is 18.3. The van der Waals surface area contributed by atoms with Crippen molar-refractivity contribution in [3.8, 4) is 5.75 Å². The molecule has 0 saturated carbocycles. The zero-order chi connectivity index (χ0) is 27.2. The van der Waals surface area contributed by atoms with Crippen molar-refractivity contribution in [2.45, 2.75) is 24.9 Å². The summed E-state index contributed by atoms with van der Waals surface area (Å²) in [5.41, 5.74) is 5.67. The summed E-state index contributed by atoms with van der Waals surface area (Å²) in [7, 11) is 1.58. The van der Waals surface area contributed by atoms with Gasteiger partial charge >= 0.3 is 0 Å². The Morgan fingerprint density at radius 1 is 1.34 bits per heavy atom. The fraction of sp³-hybridized carbons (Fsp3) is 0.409. The molecule has 2 aliphatic rings. The topological polar surface area (TPSA) is 185 Å². The maximum absolute atomic E-state index is 13.0. The second-order valence-electron chi connectivity index (χ2n) is 7.96. The number of hydrogen-bond donors (Lipinski definition) is 2. The first kappa shape index (κ1) is 27.3. The number of pyridine rings is 1. The van der Waals surface area contributed by atoms with Crippen LogP contribution in [0.15, 0.2) is 41.0 Å². The number of anilines is 1. The molecule has 4 heterocycles. The highest BCUT2D eigenvalue weighted by Crippen LogP contribution is 2.40. The summed E-state index contributed by atoms with van der Waals surface area (Å²) < 4.78 is 16.2.